The van der Waals surface area contributed by atoms with Crippen LogP contribution in [-0.4, -0.2) is 16.7 Å². The third kappa shape index (κ3) is 2.87. The first-order chi connectivity index (χ1) is 8.20. The van der Waals surface area contributed by atoms with Gasteiger partial charge in [-0.1, -0.05) is 18.3 Å². The maximum atomic E-state index is 13.1. The first-order valence-corrected chi connectivity index (χ1v) is 6.32. The van der Waals surface area contributed by atoms with Gasteiger partial charge in [-0.05, 0) is 37.2 Å². The van der Waals surface area contributed by atoms with Crippen LogP contribution >= 0.6 is 11.3 Å². The highest BCUT2D eigenvalue weighted by atomic mass is 32.1. The minimum absolute atomic E-state index is 0.189. The van der Waals surface area contributed by atoms with Crippen molar-refractivity contribution in [1.29, 1.82) is 0 Å². The highest BCUT2D eigenvalue weighted by Gasteiger charge is 2.07. The van der Waals surface area contributed by atoms with E-state index >= 15 is 0 Å². The second kappa shape index (κ2) is 5.33. The normalized spacial score (nSPS) is 10.8. The van der Waals surface area contributed by atoms with Gasteiger partial charge in [-0.15, -0.1) is 10.2 Å². The van der Waals surface area contributed by atoms with E-state index in [9.17, 15) is 4.39 Å². The molecular weight excluding hydrogens is 237 g/mol. The van der Waals surface area contributed by atoms with Crippen molar-refractivity contribution in [3.8, 4) is 10.6 Å². The van der Waals surface area contributed by atoms with Crippen molar-refractivity contribution < 1.29 is 4.39 Å². The number of aryl methyl sites for hydroxylation is 1. The fourth-order valence-corrected chi connectivity index (χ4v) is 2.26. The predicted octanol–water partition coefficient (Wildman–Crippen LogP) is 2.76. The van der Waals surface area contributed by atoms with Crippen LogP contribution in [0.15, 0.2) is 18.2 Å². The summed E-state index contributed by atoms with van der Waals surface area (Å²) in [5.41, 5.74) is 1.55. The van der Waals surface area contributed by atoms with Crippen LogP contribution in [0.3, 0.4) is 0 Å². The molecule has 90 valence electrons. The van der Waals surface area contributed by atoms with Crippen LogP contribution in [0.1, 0.15) is 17.5 Å². The number of nitrogens with one attached hydrogen (secondary N) is 1. The van der Waals surface area contributed by atoms with Crippen molar-refractivity contribution in [2.45, 2.75) is 20.4 Å². The summed E-state index contributed by atoms with van der Waals surface area (Å²) >= 11 is 1.53. The Balaban J connectivity index is 2.21. The minimum atomic E-state index is -0.189. The third-order valence-corrected chi connectivity index (χ3v) is 3.37. The van der Waals surface area contributed by atoms with Gasteiger partial charge in [0.05, 0.1) is 0 Å². The molecule has 0 spiro atoms. The van der Waals surface area contributed by atoms with E-state index < -0.39 is 0 Å². The Bertz CT molecular complexity index is 510. The lowest BCUT2D eigenvalue weighted by molar-refractivity contribution is 0.619. The lowest BCUT2D eigenvalue weighted by atomic mass is 10.1. The molecule has 0 amide bonds. The standard InChI is InChI=1S/C12H14FN3S/c1-3-14-7-11-15-16-12(17-11)9-4-5-10(13)8(2)6-9/h4-6,14H,3,7H2,1-2H3. The fraction of sp³-hybridized carbons (Fsp3) is 0.333. The van der Waals surface area contributed by atoms with Crippen molar-refractivity contribution >= 4 is 11.3 Å². The zero-order valence-corrected chi connectivity index (χ0v) is 10.6. The molecule has 1 N–H and O–H groups in total. The van der Waals surface area contributed by atoms with Gasteiger partial charge in [0, 0.05) is 12.1 Å². The van der Waals surface area contributed by atoms with Crippen LogP contribution in [0, 0.1) is 12.7 Å². The maximum absolute atomic E-state index is 13.1. The summed E-state index contributed by atoms with van der Waals surface area (Å²) in [6, 6.07) is 5.00. The Morgan fingerprint density at radius 3 is 2.88 bits per heavy atom. The van der Waals surface area contributed by atoms with Crippen LogP contribution in [0.5, 0.6) is 0 Å². The molecule has 0 fully saturated rings. The first kappa shape index (κ1) is 12.1. The molecule has 1 heterocycles. The highest BCUT2D eigenvalue weighted by Crippen LogP contribution is 2.25. The molecule has 0 atom stereocenters. The molecule has 0 saturated heterocycles. The molecule has 17 heavy (non-hydrogen) atoms. The van der Waals surface area contributed by atoms with Gasteiger partial charge in [0.25, 0.3) is 0 Å². The number of nitrogens with zero attached hydrogens (tertiary/aromatic N) is 2. The van der Waals surface area contributed by atoms with Gasteiger partial charge in [0.1, 0.15) is 15.8 Å². The molecule has 0 aliphatic heterocycles. The highest BCUT2D eigenvalue weighted by molar-refractivity contribution is 7.14. The predicted molar refractivity (Wildman–Crippen MR) is 67.4 cm³/mol. The second-order valence-electron chi connectivity index (χ2n) is 3.75. The smallest absolute Gasteiger partial charge is 0.147 e. The van der Waals surface area contributed by atoms with Gasteiger partial charge in [-0.2, -0.15) is 0 Å². The molecule has 5 heteroatoms. The van der Waals surface area contributed by atoms with Gasteiger partial charge in [0.2, 0.25) is 0 Å². The molecule has 1 aromatic carbocycles. The molecule has 2 aromatic rings. The third-order valence-electron chi connectivity index (χ3n) is 2.40. The molecule has 0 bridgehead atoms. The van der Waals surface area contributed by atoms with E-state index in [0.717, 1.165) is 28.7 Å². The summed E-state index contributed by atoms with van der Waals surface area (Å²) in [5.74, 6) is -0.189. The van der Waals surface area contributed by atoms with Crippen LogP contribution in [0.4, 0.5) is 4.39 Å². The lowest BCUT2D eigenvalue weighted by Gasteiger charge is -1.98. The Kier molecular flexibility index (Phi) is 3.81. The molecule has 0 unspecified atom stereocenters. The molecule has 0 saturated carbocycles. The van der Waals surface area contributed by atoms with E-state index in [2.05, 4.69) is 15.5 Å². The largest absolute Gasteiger partial charge is 0.311 e. The van der Waals surface area contributed by atoms with Crippen molar-refractivity contribution in [3.63, 3.8) is 0 Å². The van der Waals surface area contributed by atoms with E-state index in [-0.39, 0.29) is 5.82 Å². The zero-order chi connectivity index (χ0) is 12.3. The second-order valence-corrected chi connectivity index (χ2v) is 4.81. The molecule has 1 aromatic heterocycles. The van der Waals surface area contributed by atoms with Gasteiger partial charge in [-0.3, -0.25) is 0 Å². The quantitative estimate of drug-likeness (QED) is 0.908. The van der Waals surface area contributed by atoms with E-state index in [1.54, 1.807) is 19.1 Å². The minimum Gasteiger partial charge on any atom is -0.311 e. The average Bonchev–Trinajstić information content (AvgIpc) is 2.79. The summed E-state index contributed by atoms with van der Waals surface area (Å²) < 4.78 is 13.1. The molecule has 2 rings (SSSR count). The topological polar surface area (TPSA) is 37.8 Å². The number of benzene rings is 1. The van der Waals surface area contributed by atoms with Crippen LogP contribution < -0.4 is 5.32 Å². The molecule has 0 aliphatic rings. The van der Waals surface area contributed by atoms with Gasteiger partial charge in [0.15, 0.2) is 0 Å². The molecule has 0 radical (unpaired) electrons. The van der Waals surface area contributed by atoms with Gasteiger partial charge < -0.3 is 5.32 Å². The molecule has 3 nitrogen and oxygen atoms in total. The Morgan fingerprint density at radius 1 is 1.35 bits per heavy atom. The molecule has 0 aliphatic carbocycles. The Morgan fingerprint density at radius 2 is 2.18 bits per heavy atom. The van der Waals surface area contributed by atoms with Crippen molar-refractivity contribution in [1.82, 2.24) is 15.5 Å². The monoisotopic (exact) mass is 251 g/mol. The summed E-state index contributed by atoms with van der Waals surface area (Å²) in [5, 5.41) is 13.2. The van der Waals surface area contributed by atoms with Crippen molar-refractivity contribution in [2.75, 3.05) is 6.54 Å². The van der Waals surface area contributed by atoms with Gasteiger partial charge in [-0.25, -0.2) is 4.39 Å². The van der Waals surface area contributed by atoms with Crippen LogP contribution in [0.2, 0.25) is 0 Å². The van der Waals surface area contributed by atoms with Gasteiger partial charge >= 0.3 is 0 Å². The number of hydrogen-bond donors (Lipinski definition) is 1. The SMILES string of the molecule is CCNCc1nnc(-c2ccc(F)c(C)c2)s1. The lowest BCUT2D eigenvalue weighted by Crippen LogP contribution is -2.11. The number of rotatable bonds is 4. The van der Waals surface area contributed by atoms with E-state index in [4.69, 9.17) is 0 Å². The summed E-state index contributed by atoms with van der Waals surface area (Å²) in [6.45, 7) is 5.43. The Hall–Kier alpha value is -1.33. The van der Waals surface area contributed by atoms with Crippen LogP contribution in [-0.2, 0) is 6.54 Å². The molecular formula is C12H14FN3S. The summed E-state index contributed by atoms with van der Waals surface area (Å²) in [7, 11) is 0. The van der Waals surface area contributed by atoms with Crippen LogP contribution in [0.25, 0.3) is 10.6 Å². The number of aromatic nitrogens is 2. The maximum Gasteiger partial charge on any atom is 0.147 e. The van der Waals surface area contributed by atoms with Crippen molar-refractivity contribution in [2.24, 2.45) is 0 Å². The van der Waals surface area contributed by atoms with Crippen molar-refractivity contribution in [3.05, 3.63) is 34.6 Å². The van der Waals surface area contributed by atoms with E-state index in [1.165, 1.54) is 17.4 Å². The Labute approximate surface area is 104 Å². The van der Waals surface area contributed by atoms with E-state index in [1.807, 2.05) is 6.92 Å². The zero-order valence-electron chi connectivity index (χ0n) is 9.83. The fourth-order valence-electron chi connectivity index (χ4n) is 1.45. The summed E-state index contributed by atoms with van der Waals surface area (Å²) in [6.07, 6.45) is 0. The first-order valence-electron chi connectivity index (χ1n) is 5.50. The summed E-state index contributed by atoms with van der Waals surface area (Å²) in [4.78, 5) is 0. The number of halogens is 1. The number of hydrogen-bond acceptors (Lipinski definition) is 4. The average molecular weight is 251 g/mol. The van der Waals surface area contributed by atoms with E-state index in [0.29, 0.717) is 5.56 Å².